The Hall–Kier alpha value is -0.850. The highest BCUT2D eigenvalue weighted by atomic mass is 16.7. The molecular formula is C63H125NO9. The van der Waals surface area contributed by atoms with Crippen LogP contribution in [-0.4, -0.2) is 98.7 Å². The number of unbranched alkanes of at least 4 members (excludes halogenated alkanes) is 46. The summed E-state index contributed by atoms with van der Waals surface area (Å²) in [5, 5.41) is 65.4. The molecule has 0 spiro atoms. The first-order chi connectivity index (χ1) is 35.8. The zero-order valence-electron chi connectivity index (χ0n) is 48.3. The van der Waals surface area contributed by atoms with E-state index in [9.17, 15) is 35.4 Å². The average molecular weight is 1040 g/mol. The standard InChI is InChI=1S/C63H125NO9/c1-3-5-7-9-11-13-15-17-19-21-22-23-24-25-26-27-28-29-30-31-32-33-34-36-38-40-42-44-46-48-50-52-57(67)62(71)64-55(54-72-63-61(70)60(69)59(68)58(53-65)73-63)56(66)51-49-47-45-43-41-39-37-35-20-18-16-14-12-10-8-6-4-2/h55-61,63,65-70H,3-54H2,1-2H3,(H,64,71). The highest BCUT2D eigenvalue weighted by Gasteiger charge is 2.44. The quantitative estimate of drug-likeness (QED) is 0.0293. The minimum atomic E-state index is -1.59. The second-order valence-corrected chi connectivity index (χ2v) is 23.1. The zero-order chi connectivity index (χ0) is 53.1. The summed E-state index contributed by atoms with van der Waals surface area (Å²) in [6.07, 6.45) is 54.8. The smallest absolute Gasteiger partial charge is 0.249 e. The Kier molecular flexibility index (Phi) is 51.1. The van der Waals surface area contributed by atoms with E-state index in [1.807, 2.05) is 0 Å². The van der Waals surface area contributed by atoms with Gasteiger partial charge in [0.05, 0.1) is 25.4 Å². The van der Waals surface area contributed by atoms with Gasteiger partial charge in [0.1, 0.15) is 30.5 Å². The molecule has 7 N–H and O–H groups in total. The maximum Gasteiger partial charge on any atom is 0.249 e. The first kappa shape index (κ1) is 70.2. The third-order valence-corrected chi connectivity index (χ3v) is 16.1. The van der Waals surface area contributed by atoms with Crippen LogP contribution in [0.15, 0.2) is 0 Å². The molecule has 1 rings (SSSR count). The molecular weight excluding hydrogens is 915 g/mol. The predicted octanol–water partition coefficient (Wildman–Crippen LogP) is 15.6. The lowest BCUT2D eigenvalue weighted by atomic mass is 9.99. The molecule has 0 aliphatic carbocycles. The minimum absolute atomic E-state index is 0.249. The van der Waals surface area contributed by atoms with E-state index >= 15 is 0 Å². The predicted molar refractivity (Wildman–Crippen MR) is 306 cm³/mol. The van der Waals surface area contributed by atoms with Crippen molar-refractivity contribution in [3.63, 3.8) is 0 Å². The lowest BCUT2D eigenvalue weighted by Crippen LogP contribution is -2.60. The normalized spacial score (nSPS) is 19.4. The number of amides is 1. The molecule has 436 valence electrons. The molecule has 1 aliphatic rings. The molecule has 0 aromatic heterocycles. The first-order valence-corrected chi connectivity index (χ1v) is 32.3. The van der Waals surface area contributed by atoms with Crippen LogP contribution in [0.4, 0.5) is 0 Å². The minimum Gasteiger partial charge on any atom is -0.394 e. The van der Waals surface area contributed by atoms with Gasteiger partial charge in [-0.2, -0.15) is 0 Å². The van der Waals surface area contributed by atoms with Crippen LogP contribution < -0.4 is 5.32 Å². The number of hydrogen-bond donors (Lipinski definition) is 7. The van der Waals surface area contributed by atoms with Crippen molar-refractivity contribution in [1.82, 2.24) is 5.32 Å². The SMILES string of the molecule is CCCCCCCCCCCCCCCCCCCCCCCCCCCCCCCCCC(O)C(=O)NC(COC1OC(CO)C(O)C(O)C1O)C(O)CCCCCCCCCCCCCCCCCCC. The highest BCUT2D eigenvalue weighted by molar-refractivity contribution is 5.80. The first-order valence-electron chi connectivity index (χ1n) is 32.3. The molecule has 0 bridgehead atoms. The fourth-order valence-electron chi connectivity index (χ4n) is 10.9. The van der Waals surface area contributed by atoms with E-state index in [0.717, 1.165) is 38.5 Å². The Morgan fingerprint density at radius 1 is 0.411 bits per heavy atom. The number of carbonyl (C=O) groups is 1. The lowest BCUT2D eigenvalue weighted by Gasteiger charge is -2.40. The van der Waals surface area contributed by atoms with Crippen molar-refractivity contribution in [1.29, 1.82) is 0 Å². The average Bonchev–Trinajstić information content (AvgIpc) is 3.39. The monoisotopic (exact) mass is 1040 g/mol. The van der Waals surface area contributed by atoms with Gasteiger partial charge in [-0.05, 0) is 12.8 Å². The van der Waals surface area contributed by atoms with Crippen molar-refractivity contribution < 1.29 is 44.9 Å². The molecule has 1 aliphatic heterocycles. The molecule has 8 atom stereocenters. The van der Waals surface area contributed by atoms with Crippen LogP contribution in [0.25, 0.3) is 0 Å². The van der Waals surface area contributed by atoms with E-state index in [2.05, 4.69) is 19.2 Å². The van der Waals surface area contributed by atoms with E-state index < -0.39 is 61.5 Å². The summed E-state index contributed by atoms with van der Waals surface area (Å²) >= 11 is 0. The van der Waals surface area contributed by atoms with Gasteiger partial charge in [-0.25, -0.2) is 0 Å². The van der Waals surface area contributed by atoms with Crippen molar-refractivity contribution in [3.8, 4) is 0 Å². The Balaban J connectivity index is 2.13. The van der Waals surface area contributed by atoms with Crippen LogP contribution in [0.1, 0.15) is 335 Å². The Morgan fingerprint density at radius 2 is 0.685 bits per heavy atom. The zero-order valence-corrected chi connectivity index (χ0v) is 48.3. The van der Waals surface area contributed by atoms with Gasteiger partial charge in [-0.3, -0.25) is 4.79 Å². The van der Waals surface area contributed by atoms with Crippen LogP contribution >= 0.6 is 0 Å². The second kappa shape index (κ2) is 53.2. The fraction of sp³-hybridized carbons (Fsp3) is 0.984. The number of hydrogen-bond acceptors (Lipinski definition) is 9. The summed E-state index contributed by atoms with van der Waals surface area (Å²) in [6, 6.07) is -0.890. The molecule has 1 saturated heterocycles. The van der Waals surface area contributed by atoms with Crippen molar-refractivity contribution in [2.75, 3.05) is 13.2 Å². The van der Waals surface area contributed by atoms with Crippen LogP contribution in [0.3, 0.4) is 0 Å². The van der Waals surface area contributed by atoms with E-state index in [-0.39, 0.29) is 6.61 Å². The van der Waals surface area contributed by atoms with Crippen molar-refractivity contribution in [3.05, 3.63) is 0 Å². The van der Waals surface area contributed by atoms with Crippen LogP contribution in [0.5, 0.6) is 0 Å². The molecule has 10 heteroatoms. The van der Waals surface area contributed by atoms with Gasteiger partial charge in [-0.15, -0.1) is 0 Å². The number of rotatable bonds is 57. The van der Waals surface area contributed by atoms with Gasteiger partial charge >= 0.3 is 0 Å². The van der Waals surface area contributed by atoms with E-state index in [0.29, 0.717) is 12.8 Å². The van der Waals surface area contributed by atoms with Gasteiger partial charge in [0.15, 0.2) is 6.29 Å². The van der Waals surface area contributed by atoms with Crippen molar-refractivity contribution >= 4 is 5.91 Å². The summed E-state index contributed by atoms with van der Waals surface area (Å²) in [5.74, 6) is -0.575. The van der Waals surface area contributed by atoms with Gasteiger partial charge in [-0.1, -0.05) is 322 Å². The Morgan fingerprint density at radius 3 is 0.973 bits per heavy atom. The van der Waals surface area contributed by atoms with E-state index in [4.69, 9.17) is 9.47 Å². The molecule has 1 fully saturated rings. The second-order valence-electron chi connectivity index (χ2n) is 23.1. The van der Waals surface area contributed by atoms with Gasteiger partial charge < -0.3 is 45.4 Å². The maximum atomic E-state index is 13.2. The highest BCUT2D eigenvalue weighted by Crippen LogP contribution is 2.24. The fourth-order valence-corrected chi connectivity index (χ4v) is 10.9. The molecule has 0 radical (unpaired) electrons. The number of ether oxygens (including phenoxy) is 2. The van der Waals surface area contributed by atoms with Crippen molar-refractivity contribution in [2.24, 2.45) is 0 Å². The summed E-state index contributed by atoms with van der Waals surface area (Å²) in [5.41, 5.74) is 0. The lowest BCUT2D eigenvalue weighted by molar-refractivity contribution is -0.302. The van der Waals surface area contributed by atoms with Gasteiger partial charge in [0.2, 0.25) is 5.91 Å². The van der Waals surface area contributed by atoms with Crippen LogP contribution in [-0.2, 0) is 14.3 Å². The Bertz CT molecular complexity index is 1130. The third kappa shape index (κ3) is 41.9. The summed E-state index contributed by atoms with van der Waals surface area (Å²) in [7, 11) is 0. The van der Waals surface area contributed by atoms with E-state index in [1.165, 1.54) is 270 Å². The van der Waals surface area contributed by atoms with Crippen LogP contribution in [0.2, 0.25) is 0 Å². The number of aliphatic hydroxyl groups is 6. The summed E-state index contributed by atoms with van der Waals surface area (Å²) in [4.78, 5) is 13.2. The molecule has 1 amide bonds. The summed E-state index contributed by atoms with van der Waals surface area (Å²) in [6.45, 7) is 3.73. The molecule has 10 nitrogen and oxygen atoms in total. The number of nitrogens with one attached hydrogen (secondary N) is 1. The largest absolute Gasteiger partial charge is 0.394 e. The molecule has 0 saturated carbocycles. The molecule has 0 aromatic carbocycles. The maximum absolute atomic E-state index is 13.2. The molecule has 1 heterocycles. The van der Waals surface area contributed by atoms with Crippen LogP contribution in [0, 0.1) is 0 Å². The Labute approximate surface area is 451 Å². The van der Waals surface area contributed by atoms with E-state index in [1.54, 1.807) is 0 Å². The number of carbonyl (C=O) groups excluding carboxylic acids is 1. The number of aliphatic hydroxyl groups excluding tert-OH is 6. The molecule has 8 unspecified atom stereocenters. The van der Waals surface area contributed by atoms with Gasteiger partial charge in [0, 0.05) is 0 Å². The molecule has 0 aromatic rings. The molecule has 73 heavy (non-hydrogen) atoms. The summed E-state index contributed by atoms with van der Waals surface area (Å²) < 4.78 is 11.3. The van der Waals surface area contributed by atoms with Crippen molar-refractivity contribution in [2.45, 2.75) is 384 Å². The topological polar surface area (TPSA) is 169 Å². The van der Waals surface area contributed by atoms with Gasteiger partial charge in [0.25, 0.3) is 0 Å². The third-order valence-electron chi connectivity index (χ3n) is 16.1.